The van der Waals surface area contributed by atoms with Gasteiger partial charge in [0.15, 0.2) is 0 Å². The minimum absolute atomic E-state index is 0.0435. The van der Waals surface area contributed by atoms with Crippen LogP contribution in [0.2, 0.25) is 10.0 Å². The number of likely N-dealkylation sites (N-methyl/N-ethyl adjacent to an activating group) is 1. The molecule has 0 saturated heterocycles. The zero-order valence-corrected chi connectivity index (χ0v) is 15.4. The Hall–Kier alpha value is -0.860. The molecule has 6 nitrogen and oxygen atoms in total. The van der Waals surface area contributed by atoms with Gasteiger partial charge in [0.2, 0.25) is 10.0 Å². The van der Waals surface area contributed by atoms with Crippen LogP contribution in [0, 0.1) is 0 Å². The molecule has 134 valence electrons. The molecule has 0 aromatic heterocycles. The van der Waals surface area contributed by atoms with Gasteiger partial charge in [-0.15, -0.1) is 0 Å². The maximum Gasteiger partial charge on any atom is 0.329 e. The van der Waals surface area contributed by atoms with Crippen molar-refractivity contribution < 1.29 is 23.1 Å². The van der Waals surface area contributed by atoms with Crippen molar-refractivity contribution in [1.29, 1.82) is 0 Å². The fourth-order valence-corrected chi connectivity index (χ4v) is 4.65. The fourth-order valence-electron chi connectivity index (χ4n) is 2.85. The van der Waals surface area contributed by atoms with Crippen LogP contribution in [-0.2, 0) is 19.6 Å². The summed E-state index contributed by atoms with van der Waals surface area (Å²) in [4.78, 5) is 10.8. The molecule has 2 atom stereocenters. The van der Waals surface area contributed by atoms with Crippen LogP contribution in [0.1, 0.15) is 25.7 Å². The second kappa shape index (κ2) is 8.01. The first-order chi connectivity index (χ1) is 11.2. The van der Waals surface area contributed by atoms with E-state index in [9.17, 15) is 13.2 Å². The number of hydrogen-bond donors (Lipinski definition) is 1. The van der Waals surface area contributed by atoms with Crippen molar-refractivity contribution in [2.24, 2.45) is 0 Å². The number of benzene rings is 1. The van der Waals surface area contributed by atoms with Gasteiger partial charge in [0, 0.05) is 7.05 Å². The molecule has 2 rings (SSSR count). The molecule has 0 radical (unpaired) electrons. The molecule has 2 unspecified atom stereocenters. The number of nitrogens with zero attached hydrogens (tertiary/aromatic N) is 1. The number of carboxylic acids is 1. The summed E-state index contributed by atoms with van der Waals surface area (Å²) in [6, 6.07) is 3.73. The molecule has 0 spiro atoms. The molecule has 1 fully saturated rings. The first kappa shape index (κ1) is 19.5. The SMILES string of the molecule is CN(C1CCCCC1OCC(=O)O)S(=O)(=O)c1ccc(Cl)c(Cl)c1. The summed E-state index contributed by atoms with van der Waals surface area (Å²) in [5, 5.41) is 9.22. The molecule has 1 N–H and O–H groups in total. The van der Waals surface area contributed by atoms with Crippen molar-refractivity contribution in [3.8, 4) is 0 Å². The topological polar surface area (TPSA) is 83.9 Å². The number of ether oxygens (including phenoxy) is 1. The van der Waals surface area contributed by atoms with Crippen LogP contribution >= 0.6 is 23.2 Å². The number of carbonyl (C=O) groups is 1. The molecule has 0 heterocycles. The Bertz CT molecular complexity index is 710. The van der Waals surface area contributed by atoms with E-state index < -0.39 is 34.7 Å². The van der Waals surface area contributed by atoms with E-state index in [1.807, 2.05) is 0 Å². The van der Waals surface area contributed by atoms with Crippen molar-refractivity contribution in [2.75, 3.05) is 13.7 Å². The summed E-state index contributed by atoms with van der Waals surface area (Å²) in [6.45, 7) is -0.443. The van der Waals surface area contributed by atoms with Crippen LogP contribution in [0.3, 0.4) is 0 Å². The molecular weight excluding hydrogens is 377 g/mol. The highest BCUT2D eigenvalue weighted by Gasteiger charge is 2.36. The monoisotopic (exact) mass is 395 g/mol. The Balaban J connectivity index is 2.24. The largest absolute Gasteiger partial charge is 0.480 e. The van der Waals surface area contributed by atoms with E-state index in [2.05, 4.69) is 0 Å². The van der Waals surface area contributed by atoms with Gasteiger partial charge < -0.3 is 9.84 Å². The number of aliphatic carboxylic acids is 1. The Morgan fingerprint density at radius 1 is 1.29 bits per heavy atom. The highest BCUT2D eigenvalue weighted by atomic mass is 35.5. The molecular formula is C15H19Cl2NO5S. The van der Waals surface area contributed by atoms with Crippen LogP contribution in [-0.4, -0.2) is 49.6 Å². The van der Waals surface area contributed by atoms with Crippen molar-refractivity contribution in [1.82, 2.24) is 4.31 Å². The molecule has 0 bridgehead atoms. The number of halogens is 2. The third kappa shape index (κ3) is 4.40. The van der Waals surface area contributed by atoms with E-state index in [4.69, 9.17) is 33.0 Å². The van der Waals surface area contributed by atoms with E-state index >= 15 is 0 Å². The first-order valence-corrected chi connectivity index (χ1v) is 9.69. The van der Waals surface area contributed by atoms with Gasteiger partial charge in [-0.25, -0.2) is 13.2 Å². The zero-order valence-electron chi connectivity index (χ0n) is 13.1. The van der Waals surface area contributed by atoms with E-state index in [0.717, 1.165) is 12.8 Å². The quantitative estimate of drug-likeness (QED) is 0.799. The first-order valence-electron chi connectivity index (χ1n) is 7.50. The Morgan fingerprint density at radius 3 is 2.58 bits per heavy atom. The lowest BCUT2D eigenvalue weighted by Gasteiger charge is -2.36. The van der Waals surface area contributed by atoms with Gasteiger partial charge in [-0.2, -0.15) is 4.31 Å². The molecule has 0 amide bonds. The van der Waals surface area contributed by atoms with E-state index in [1.165, 1.54) is 29.6 Å². The van der Waals surface area contributed by atoms with Gasteiger partial charge in [0.25, 0.3) is 0 Å². The van der Waals surface area contributed by atoms with Gasteiger partial charge in [-0.1, -0.05) is 36.0 Å². The predicted octanol–water partition coefficient (Wildman–Crippen LogP) is 3.03. The van der Waals surface area contributed by atoms with E-state index in [1.54, 1.807) is 0 Å². The van der Waals surface area contributed by atoms with E-state index in [-0.39, 0.29) is 14.9 Å². The van der Waals surface area contributed by atoms with Crippen LogP contribution in [0.4, 0.5) is 0 Å². The number of carboxylic acid groups (broad SMARTS) is 1. The maximum absolute atomic E-state index is 12.8. The Morgan fingerprint density at radius 2 is 1.96 bits per heavy atom. The summed E-state index contributed by atoms with van der Waals surface area (Å²) in [7, 11) is -2.31. The summed E-state index contributed by atoms with van der Waals surface area (Å²) in [5.74, 6) is -1.07. The van der Waals surface area contributed by atoms with Crippen molar-refractivity contribution in [3.05, 3.63) is 28.2 Å². The lowest BCUT2D eigenvalue weighted by Crippen LogP contribution is -2.47. The Labute approximate surface area is 151 Å². The summed E-state index contributed by atoms with van der Waals surface area (Å²) >= 11 is 11.8. The second-order valence-electron chi connectivity index (χ2n) is 5.69. The highest BCUT2D eigenvalue weighted by molar-refractivity contribution is 7.89. The van der Waals surface area contributed by atoms with Crippen LogP contribution in [0.5, 0.6) is 0 Å². The lowest BCUT2D eigenvalue weighted by atomic mass is 9.92. The molecule has 1 aromatic carbocycles. The highest BCUT2D eigenvalue weighted by Crippen LogP contribution is 2.31. The van der Waals surface area contributed by atoms with Gasteiger partial charge >= 0.3 is 5.97 Å². The average Bonchev–Trinajstić information content (AvgIpc) is 2.54. The number of rotatable bonds is 6. The molecule has 9 heteroatoms. The van der Waals surface area contributed by atoms with Crippen LogP contribution in [0.15, 0.2) is 23.1 Å². The average molecular weight is 396 g/mol. The maximum atomic E-state index is 12.8. The Kier molecular flexibility index (Phi) is 6.50. The number of sulfonamides is 1. The van der Waals surface area contributed by atoms with Crippen molar-refractivity contribution in [2.45, 2.75) is 42.7 Å². The standard InChI is InChI=1S/C15H19Cl2NO5S/c1-18(13-4-2-3-5-14(13)23-9-15(19)20)24(21,22)10-6-7-11(16)12(17)8-10/h6-8,13-14H,2-5,9H2,1H3,(H,19,20). The molecule has 24 heavy (non-hydrogen) atoms. The van der Waals surface area contributed by atoms with E-state index in [0.29, 0.717) is 12.8 Å². The molecule has 1 aliphatic rings. The third-order valence-electron chi connectivity index (χ3n) is 4.12. The van der Waals surface area contributed by atoms with Gasteiger partial charge in [0.05, 0.1) is 27.1 Å². The van der Waals surface area contributed by atoms with Crippen molar-refractivity contribution in [3.63, 3.8) is 0 Å². The van der Waals surface area contributed by atoms with Gasteiger partial charge in [0.1, 0.15) is 6.61 Å². The molecule has 1 aromatic rings. The predicted molar refractivity (Wildman–Crippen MR) is 91.0 cm³/mol. The lowest BCUT2D eigenvalue weighted by molar-refractivity contribution is -0.146. The fraction of sp³-hybridized carbons (Fsp3) is 0.533. The summed E-state index contributed by atoms with van der Waals surface area (Å²) in [6.07, 6.45) is 2.53. The third-order valence-corrected chi connectivity index (χ3v) is 6.74. The van der Waals surface area contributed by atoms with Gasteiger partial charge in [-0.3, -0.25) is 0 Å². The minimum atomic E-state index is -3.79. The smallest absolute Gasteiger partial charge is 0.329 e. The zero-order chi connectivity index (χ0) is 17.9. The van der Waals surface area contributed by atoms with Crippen LogP contribution < -0.4 is 0 Å². The molecule has 1 aliphatic carbocycles. The molecule has 0 aliphatic heterocycles. The van der Waals surface area contributed by atoms with Crippen LogP contribution in [0.25, 0.3) is 0 Å². The summed E-state index contributed by atoms with van der Waals surface area (Å²) in [5.41, 5.74) is 0. The summed E-state index contributed by atoms with van der Waals surface area (Å²) < 4.78 is 32.3. The normalized spacial score (nSPS) is 21.8. The van der Waals surface area contributed by atoms with Gasteiger partial charge in [-0.05, 0) is 31.0 Å². The van der Waals surface area contributed by atoms with Crippen molar-refractivity contribution >= 4 is 39.2 Å². The number of hydrogen-bond acceptors (Lipinski definition) is 4. The second-order valence-corrected chi connectivity index (χ2v) is 8.50. The minimum Gasteiger partial charge on any atom is -0.480 e. The molecule has 1 saturated carbocycles.